The number of anilines is 1. The maximum Gasteiger partial charge on any atom is 0.419 e. The largest absolute Gasteiger partial charge is 0.419 e. The van der Waals surface area contributed by atoms with Crippen molar-refractivity contribution in [3.05, 3.63) is 41.1 Å². The highest BCUT2D eigenvalue weighted by atomic mass is 19.4. The summed E-state index contributed by atoms with van der Waals surface area (Å²) in [5, 5.41) is 0. The van der Waals surface area contributed by atoms with Gasteiger partial charge in [-0.15, -0.1) is 0 Å². The molecule has 0 aliphatic carbocycles. The normalized spacial score (nSPS) is 15.2. The van der Waals surface area contributed by atoms with Gasteiger partial charge in [-0.05, 0) is 12.1 Å². The van der Waals surface area contributed by atoms with E-state index in [4.69, 9.17) is 0 Å². The van der Waals surface area contributed by atoms with E-state index in [1.807, 2.05) is 7.05 Å². The van der Waals surface area contributed by atoms with Gasteiger partial charge in [0.1, 0.15) is 11.6 Å². The summed E-state index contributed by atoms with van der Waals surface area (Å²) < 4.78 is 41.6. The Bertz CT molecular complexity index is 719. The van der Waals surface area contributed by atoms with Gasteiger partial charge in [0.05, 0.1) is 17.8 Å². The zero-order chi connectivity index (χ0) is 16.8. The lowest BCUT2D eigenvalue weighted by Gasteiger charge is -2.29. The lowest BCUT2D eigenvalue weighted by Crippen LogP contribution is -2.33. The molecule has 7 heteroatoms. The third-order valence-electron chi connectivity index (χ3n) is 4.20. The van der Waals surface area contributed by atoms with Crippen molar-refractivity contribution in [2.24, 2.45) is 7.05 Å². The van der Waals surface area contributed by atoms with Crippen LogP contribution in [0.1, 0.15) is 42.5 Å². The van der Waals surface area contributed by atoms with E-state index < -0.39 is 11.7 Å². The maximum absolute atomic E-state index is 13.2. The van der Waals surface area contributed by atoms with E-state index in [1.54, 1.807) is 4.90 Å². The van der Waals surface area contributed by atoms with E-state index in [9.17, 15) is 13.2 Å². The van der Waals surface area contributed by atoms with Crippen LogP contribution in [0.2, 0.25) is 0 Å². The molecule has 2 aromatic heterocycles. The molecule has 0 saturated carbocycles. The number of aromatic nitrogens is 3. The molecule has 2 aromatic rings. The molecule has 3 heterocycles. The molecule has 0 bridgehead atoms. The van der Waals surface area contributed by atoms with Crippen molar-refractivity contribution in [3.8, 4) is 0 Å². The van der Waals surface area contributed by atoms with Crippen molar-refractivity contribution in [1.82, 2.24) is 14.5 Å². The molecule has 3 rings (SSSR count). The Hall–Kier alpha value is -2.05. The molecular weight excluding hydrogens is 305 g/mol. The van der Waals surface area contributed by atoms with Crippen LogP contribution in [0.15, 0.2) is 18.3 Å². The second-order valence-corrected chi connectivity index (χ2v) is 6.12. The first-order valence-corrected chi connectivity index (χ1v) is 7.60. The molecule has 1 aliphatic heterocycles. The first-order valence-electron chi connectivity index (χ1n) is 7.60. The highest BCUT2D eigenvalue weighted by molar-refractivity contribution is 5.50. The van der Waals surface area contributed by atoms with Crippen molar-refractivity contribution in [3.63, 3.8) is 0 Å². The predicted octanol–water partition coefficient (Wildman–Crippen LogP) is 3.52. The average molecular weight is 324 g/mol. The molecule has 124 valence electrons. The molecule has 0 unspecified atom stereocenters. The molecule has 4 nitrogen and oxygen atoms in total. The summed E-state index contributed by atoms with van der Waals surface area (Å²) in [5.74, 6) is 1.23. The second-order valence-electron chi connectivity index (χ2n) is 6.12. The third kappa shape index (κ3) is 2.80. The average Bonchev–Trinajstić information content (AvgIpc) is 2.83. The van der Waals surface area contributed by atoms with E-state index in [0.29, 0.717) is 19.5 Å². The Morgan fingerprint density at radius 1 is 1.26 bits per heavy atom. The van der Waals surface area contributed by atoms with Crippen LogP contribution in [0.4, 0.5) is 19.0 Å². The second kappa shape index (κ2) is 5.54. The summed E-state index contributed by atoms with van der Waals surface area (Å²) >= 11 is 0. The van der Waals surface area contributed by atoms with Gasteiger partial charge in [-0.2, -0.15) is 13.2 Å². The SMILES string of the molecule is CC(C)c1nc2c(n1C)CCN(c1ncccc1C(F)(F)F)C2. The van der Waals surface area contributed by atoms with Crippen LogP contribution in [0.25, 0.3) is 0 Å². The lowest BCUT2D eigenvalue weighted by atomic mass is 10.1. The van der Waals surface area contributed by atoms with Gasteiger partial charge in [-0.1, -0.05) is 13.8 Å². The molecule has 0 amide bonds. The smallest absolute Gasteiger partial charge is 0.350 e. The van der Waals surface area contributed by atoms with Gasteiger partial charge in [-0.25, -0.2) is 9.97 Å². The Morgan fingerprint density at radius 2 is 2.00 bits per heavy atom. The number of halogens is 3. The van der Waals surface area contributed by atoms with Crippen molar-refractivity contribution in [2.45, 2.75) is 38.9 Å². The van der Waals surface area contributed by atoms with Crippen molar-refractivity contribution in [1.29, 1.82) is 0 Å². The zero-order valence-electron chi connectivity index (χ0n) is 13.4. The van der Waals surface area contributed by atoms with Crippen LogP contribution >= 0.6 is 0 Å². The number of imidazole rings is 1. The molecular formula is C16H19F3N4. The number of hydrogen-bond acceptors (Lipinski definition) is 3. The number of alkyl halides is 3. The molecule has 0 fully saturated rings. The lowest BCUT2D eigenvalue weighted by molar-refractivity contribution is -0.137. The summed E-state index contributed by atoms with van der Waals surface area (Å²) in [7, 11) is 1.97. The summed E-state index contributed by atoms with van der Waals surface area (Å²) in [6.07, 6.45) is -2.34. The minimum absolute atomic E-state index is 0.0117. The van der Waals surface area contributed by atoms with E-state index in [1.165, 1.54) is 12.3 Å². The zero-order valence-corrected chi connectivity index (χ0v) is 13.4. The van der Waals surface area contributed by atoms with Crippen LogP contribution in [0.3, 0.4) is 0 Å². The third-order valence-corrected chi connectivity index (χ3v) is 4.20. The maximum atomic E-state index is 13.2. The molecule has 0 atom stereocenters. The number of nitrogens with zero attached hydrogens (tertiary/aromatic N) is 4. The molecule has 1 aliphatic rings. The molecule has 0 saturated heterocycles. The van der Waals surface area contributed by atoms with Crippen LogP contribution < -0.4 is 4.90 Å². The van der Waals surface area contributed by atoms with Gasteiger partial charge < -0.3 is 9.47 Å². The van der Waals surface area contributed by atoms with Crippen LogP contribution in [-0.2, 0) is 26.2 Å². The molecule has 23 heavy (non-hydrogen) atoms. The minimum Gasteiger partial charge on any atom is -0.350 e. The Balaban J connectivity index is 1.96. The highest BCUT2D eigenvalue weighted by Crippen LogP contribution is 2.36. The summed E-state index contributed by atoms with van der Waals surface area (Å²) in [6, 6.07) is 2.40. The molecule has 0 N–H and O–H groups in total. The van der Waals surface area contributed by atoms with Gasteiger partial charge in [0.15, 0.2) is 0 Å². The Labute approximate surface area is 133 Å². The first kappa shape index (κ1) is 15.8. The van der Waals surface area contributed by atoms with Crippen molar-refractivity contribution in [2.75, 3.05) is 11.4 Å². The fourth-order valence-electron chi connectivity index (χ4n) is 3.12. The van der Waals surface area contributed by atoms with Gasteiger partial charge in [0, 0.05) is 37.8 Å². The molecule has 0 aromatic carbocycles. The Morgan fingerprint density at radius 3 is 2.65 bits per heavy atom. The summed E-state index contributed by atoms with van der Waals surface area (Å²) in [4.78, 5) is 10.3. The van der Waals surface area contributed by atoms with E-state index in [2.05, 4.69) is 28.4 Å². The van der Waals surface area contributed by atoms with Crippen LogP contribution in [-0.4, -0.2) is 21.1 Å². The van der Waals surface area contributed by atoms with Gasteiger partial charge in [0.2, 0.25) is 0 Å². The van der Waals surface area contributed by atoms with Crippen molar-refractivity contribution < 1.29 is 13.2 Å². The number of hydrogen-bond donors (Lipinski definition) is 0. The van der Waals surface area contributed by atoms with Gasteiger partial charge in [-0.3, -0.25) is 0 Å². The molecule has 0 spiro atoms. The predicted molar refractivity (Wildman–Crippen MR) is 81.3 cm³/mol. The quantitative estimate of drug-likeness (QED) is 0.847. The fraction of sp³-hybridized carbons (Fsp3) is 0.500. The fourth-order valence-corrected chi connectivity index (χ4v) is 3.12. The van der Waals surface area contributed by atoms with E-state index in [-0.39, 0.29) is 11.7 Å². The van der Waals surface area contributed by atoms with Gasteiger partial charge in [0.25, 0.3) is 0 Å². The number of rotatable bonds is 2. The summed E-state index contributed by atoms with van der Waals surface area (Å²) in [6.45, 7) is 4.98. The minimum atomic E-state index is -4.41. The first-order chi connectivity index (χ1) is 10.8. The van der Waals surface area contributed by atoms with E-state index in [0.717, 1.165) is 23.3 Å². The van der Waals surface area contributed by atoms with Crippen LogP contribution in [0.5, 0.6) is 0 Å². The monoisotopic (exact) mass is 324 g/mol. The van der Waals surface area contributed by atoms with Gasteiger partial charge >= 0.3 is 6.18 Å². The summed E-state index contributed by atoms with van der Waals surface area (Å²) in [5.41, 5.74) is 1.26. The standard InChI is InChI=1S/C16H19F3N4/c1-10(2)14-21-12-9-23(8-6-13(12)22(14)3)15-11(16(17,18)19)5-4-7-20-15/h4-5,7,10H,6,8-9H2,1-3H3. The Kier molecular flexibility index (Phi) is 3.82. The molecule has 0 radical (unpaired) electrons. The number of fused-ring (bicyclic) bond motifs is 1. The topological polar surface area (TPSA) is 34.0 Å². The van der Waals surface area contributed by atoms with Crippen molar-refractivity contribution >= 4 is 5.82 Å². The number of pyridine rings is 1. The highest BCUT2D eigenvalue weighted by Gasteiger charge is 2.36. The van der Waals surface area contributed by atoms with E-state index >= 15 is 0 Å². The van der Waals surface area contributed by atoms with Crippen LogP contribution in [0, 0.1) is 0 Å².